The van der Waals surface area contributed by atoms with Gasteiger partial charge in [-0.05, 0) is 57.5 Å². The minimum Gasteiger partial charge on any atom is -0.381 e. The summed E-state index contributed by atoms with van der Waals surface area (Å²) in [6, 6.07) is 10.1. The largest absolute Gasteiger partial charge is 0.381 e. The fourth-order valence-electron chi connectivity index (χ4n) is 4.52. The maximum atomic E-state index is 13.3. The van der Waals surface area contributed by atoms with Gasteiger partial charge < -0.3 is 9.64 Å². The van der Waals surface area contributed by atoms with E-state index < -0.39 is 0 Å². The third-order valence-corrected chi connectivity index (χ3v) is 6.32. The van der Waals surface area contributed by atoms with E-state index in [9.17, 15) is 4.79 Å². The highest BCUT2D eigenvalue weighted by Gasteiger charge is 2.42. The summed E-state index contributed by atoms with van der Waals surface area (Å²) in [4.78, 5) is 17.7. The number of benzene rings is 1. The summed E-state index contributed by atoms with van der Waals surface area (Å²) in [5.74, 6) is 0.134. The lowest BCUT2D eigenvalue weighted by Gasteiger charge is -2.51. The van der Waals surface area contributed by atoms with Gasteiger partial charge in [0.1, 0.15) is 0 Å². The van der Waals surface area contributed by atoms with Crippen LogP contribution in [0.25, 0.3) is 0 Å². The second-order valence-electron chi connectivity index (χ2n) is 8.27. The van der Waals surface area contributed by atoms with E-state index in [1.165, 1.54) is 0 Å². The Kier molecular flexibility index (Phi) is 5.25. The number of amides is 1. The molecule has 1 aromatic carbocycles. The maximum Gasteiger partial charge on any atom is 0.253 e. The van der Waals surface area contributed by atoms with Crippen LogP contribution in [0.2, 0.25) is 0 Å². The quantitative estimate of drug-likeness (QED) is 0.818. The Hall–Kier alpha value is -2.18. The Morgan fingerprint density at radius 3 is 2.68 bits per heavy atom. The van der Waals surface area contributed by atoms with Crippen LogP contribution < -0.4 is 0 Å². The van der Waals surface area contributed by atoms with E-state index in [1.54, 1.807) is 0 Å². The van der Waals surface area contributed by atoms with Gasteiger partial charge in [-0.2, -0.15) is 5.10 Å². The van der Waals surface area contributed by atoms with Crippen LogP contribution in [0, 0.1) is 13.8 Å². The molecule has 0 radical (unpaired) electrons. The highest BCUT2D eigenvalue weighted by Crippen LogP contribution is 2.31. The van der Waals surface area contributed by atoms with Gasteiger partial charge in [-0.15, -0.1) is 0 Å². The zero-order valence-corrected chi connectivity index (χ0v) is 17.1. The normalized spacial score (nSPS) is 19.9. The predicted octanol–water partition coefficient (Wildman–Crippen LogP) is 2.49. The van der Waals surface area contributed by atoms with E-state index in [1.807, 2.05) is 34.7 Å². The lowest BCUT2D eigenvalue weighted by atomic mass is 9.85. The molecular formula is C22H30N4O2. The Bertz CT molecular complexity index is 854. The third kappa shape index (κ3) is 3.71. The van der Waals surface area contributed by atoms with E-state index in [2.05, 4.69) is 36.1 Å². The van der Waals surface area contributed by atoms with Gasteiger partial charge >= 0.3 is 0 Å². The third-order valence-electron chi connectivity index (χ3n) is 6.32. The molecule has 2 aliphatic rings. The van der Waals surface area contributed by atoms with Crippen molar-refractivity contribution in [3.63, 3.8) is 0 Å². The second kappa shape index (κ2) is 7.68. The molecule has 1 aromatic heterocycles. The lowest BCUT2D eigenvalue weighted by Crippen LogP contribution is -2.63. The average molecular weight is 383 g/mol. The number of aromatic nitrogens is 2. The van der Waals surface area contributed by atoms with Gasteiger partial charge in [0.05, 0.1) is 12.2 Å². The Morgan fingerprint density at radius 1 is 1.18 bits per heavy atom. The fourth-order valence-corrected chi connectivity index (χ4v) is 4.52. The van der Waals surface area contributed by atoms with Crippen molar-refractivity contribution in [2.24, 2.45) is 0 Å². The summed E-state index contributed by atoms with van der Waals surface area (Å²) in [5.41, 5.74) is 4.09. The summed E-state index contributed by atoms with van der Waals surface area (Å²) in [7, 11) is 2.18. The van der Waals surface area contributed by atoms with Crippen LogP contribution >= 0.6 is 0 Å². The molecule has 0 bridgehead atoms. The molecule has 6 heteroatoms. The Morgan fingerprint density at radius 2 is 1.96 bits per heavy atom. The van der Waals surface area contributed by atoms with Crippen LogP contribution in [0.15, 0.2) is 30.3 Å². The molecule has 2 saturated heterocycles. The zero-order chi connectivity index (χ0) is 19.7. The first-order valence-electron chi connectivity index (χ1n) is 10.2. The lowest BCUT2D eigenvalue weighted by molar-refractivity contribution is -0.0543. The van der Waals surface area contributed by atoms with Crippen molar-refractivity contribution < 1.29 is 9.53 Å². The molecule has 28 heavy (non-hydrogen) atoms. The molecule has 1 amide bonds. The molecule has 6 nitrogen and oxygen atoms in total. The number of nitrogens with zero attached hydrogens (tertiary/aromatic N) is 4. The van der Waals surface area contributed by atoms with Gasteiger partial charge in [-0.1, -0.05) is 12.1 Å². The molecule has 0 atom stereocenters. The van der Waals surface area contributed by atoms with E-state index in [4.69, 9.17) is 4.74 Å². The maximum absolute atomic E-state index is 13.3. The number of rotatable bonds is 3. The number of piperazine rings is 1. The number of hydrogen-bond donors (Lipinski definition) is 0. The molecule has 2 aliphatic heterocycles. The smallest absolute Gasteiger partial charge is 0.253 e. The number of aryl methyl sites for hydroxylation is 2. The van der Waals surface area contributed by atoms with Gasteiger partial charge in [0.25, 0.3) is 5.91 Å². The number of likely N-dealkylation sites (N-methyl/N-ethyl adjacent to an activating group) is 1. The van der Waals surface area contributed by atoms with Crippen molar-refractivity contribution in [2.45, 2.75) is 38.8 Å². The van der Waals surface area contributed by atoms with Crippen LogP contribution in [-0.2, 0) is 11.3 Å². The molecule has 0 saturated carbocycles. The zero-order valence-electron chi connectivity index (χ0n) is 17.1. The van der Waals surface area contributed by atoms with Gasteiger partial charge in [-0.25, -0.2) is 0 Å². The molecule has 150 valence electrons. The number of carbonyl (C=O) groups excluding carboxylic acids is 1. The first kappa shape index (κ1) is 19.2. The second-order valence-corrected chi connectivity index (χ2v) is 8.27. The molecular weight excluding hydrogens is 352 g/mol. The summed E-state index contributed by atoms with van der Waals surface area (Å²) < 4.78 is 7.56. The average Bonchev–Trinajstić information content (AvgIpc) is 3.01. The molecule has 1 spiro atoms. The number of hydrogen-bond acceptors (Lipinski definition) is 4. The molecule has 0 aliphatic carbocycles. The van der Waals surface area contributed by atoms with Crippen molar-refractivity contribution in [1.29, 1.82) is 0 Å². The fraction of sp³-hybridized carbons (Fsp3) is 0.545. The van der Waals surface area contributed by atoms with E-state index in [0.29, 0.717) is 6.54 Å². The minimum absolute atomic E-state index is 0.0630. The Labute approximate surface area is 167 Å². The van der Waals surface area contributed by atoms with Gasteiger partial charge in [0, 0.05) is 49.6 Å². The summed E-state index contributed by atoms with van der Waals surface area (Å²) in [5, 5.41) is 4.54. The molecule has 4 rings (SSSR count). The van der Waals surface area contributed by atoms with Crippen LogP contribution in [0.3, 0.4) is 0 Å². The Balaban J connectivity index is 1.51. The first-order valence-corrected chi connectivity index (χ1v) is 10.2. The highest BCUT2D eigenvalue weighted by molar-refractivity contribution is 5.94. The van der Waals surface area contributed by atoms with E-state index in [0.717, 1.165) is 68.2 Å². The van der Waals surface area contributed by atoms with Crippen LogP contribution in [0.5, 0.6) is 0 Å². The van der Waals surface area contributed by atoms with E-state index in [-0.39, 0.29) is 11.4 Å². The van der Waals surface area contributed by atoms with Crippen LogP contribution in [-0.4, -0.2) is 70.9 Å². The summed E-state index contributed by atoms with van der Waals surface area (Å²) in [6.07, 6.45) is 1.98. The molecule has 2 fully saturated rings. The van der Waals surface area contributed by atoms with Crippen LogP contribution in [0.4, 0.5) is 0 Å². The summed E-state index contributed by atoms with van der Waals surface area (Å²) in [6.45, 7) is 8.79. The molecule has 2 aromatic rings. The predicted molar refractivity (Wildman–Crippen MR) is 109 cm³/mol. The van der Waals surface area contributed by atoms with Gasteiger partial charge in [-0.3, -0.25) is 14.4 Å². The van der Waals surface area contributed by atoms with Crippen molar-refractivity contribution in [2.75, 3.05) is 39.9 Å². The highest BCUT2D eigenvalue weighted by atomic mass is 16.5. The van der Waals surface area contributed by atoms with E-state index >= 15 is 0 Å². The van der Waals surface area contributed by atoms with Crippen molar-refractivity contribution in [3.8, 4) is 0 Å². The molecule has 3 heterocycles. The van der Waals surface area contributed by atoms with Crippen molar-refractivity contribution in [1.82, 2.24) is 19.6 Å². The van der Waals surface area contributed by atoms with Crippen LogP contribution in [0.1, 0.15) is 40.2 Å². The van der Waals surface area contributed by atoms with Gasteiger partial charge in [0.15, 0.2) is 0 Å². The topological polar surface area (TPSA) is 50.6 Å². The molecule has 0 N–H and O–H groups in total. The van der Waals surface area contributed by atoms with Gasteiger partial charge in [0.2, 0.25) is 0 Å². The monoisotopic (exact) mass is 382 g/mol. The SMILES string of the molecule is Cc1cc(C)n(Cc2cccc(C(=O)N3CCN(C)C4(CCOCC4)C3)c2)n1. The van der Waals surface area contributed by atoms with Crippen molar-refractivity contribution >= 4 is 5.91 Å². The van der Waals surface area contributed by atoms with Crippen molar-refractivity contribution in [3.05, 3.63) is 52.8 Å². The first-order chi connectivity index (χ1) is 13.5. The number of carbonyl (C=O) groups is 1. The number of ether oxygens (including phenoxy) is 1. The standard InChI is InChI=1S/C22H30N4O2/c1-17-13-18(2)26(23-17)15-19-5-4-6-20(14-19)21(27)25-10-9-24(3)22(16-25)7-11-28-12-8-22/h4-6,13-14H,7-12,15-16H2,1-3H3. The molecule has 0 unspecified atom stereocenters. The minimum atomic E-state index is 0.0630. The summed E-state index contributed by atoms with van der Waals surface area (Å²) >= 11 is 0.